The van der Waals surface area contributed by atoms with E-state index < -0.39 is 0 Å². The Labute approximate surface area is 61.2 Å². The van der Waals surface area contributed by atoms with Gasteiger partial charge in [-0.2, -0.15) is 0 Å². The van der Waals surface area contributed by atoms with Gasteiger partial charge < -0.3 is 0 Å². The number of hydroxylamine groups is 2. The number of nitrogens with zero attached hydrogens (tertiary/aromatic N) is 1. The molecule has 0 aliphatic heterocycles. The Morgan fingerprint density at radius 1 is 1.70 bits per heavy atom. The monoisotopic (exact) mass is 143 g/mol. The number of carbonyl (C=O) groups excluding carboxylic acids is 1. The third kappa shape index (κ3) is 3.25. The summed E-state index contributed by atoms with van der Waals surface area (Å²) in [4.78, 5) is 15.5. The summed E-state index contributed by atoms with van der Waals surface area (Å²) in [6.07, 6.45) is 4.03. The van der Waals surface area contributed by atoms with Crippen LogP contribution in [0, 0.1) is 0 Å². The van der Waals surface area contributed by atoms with Gasteiger partial charge in [-0.1, -0.05) is 12.2 Å². The predicted octanol–water partition coefficient (Wildman–Crippen LogP) is 0.972. The van der Waals surface area contributed by atoms with Crippen LogP contribution in [0.2, 0.25) is 0 Å². The zero-order valence-corrected chi connectivity index (χ0v) is 6.63. The number of carbonyl (C=O) groups is 1. The zero-order chi connectivity index (χ0) is 7.98. The maximum atomic E-state index is 10.9. The van der Waals surface area contributed by atoms with E-state index in [0.717, 1.165) is 0 Å². The highest BCUT2D eigenvalue weighted by Crippen LogP contribution is 1.90. The van der Waals surface area contributed by atoms with E-state index >= 15 is 0 Å². The SMILES string of the molecule is C/C=C\CC(=O)N(C)OC. The van der Waals surface area contributed by atoms with Crippen molar-refractivity contribution in [3.05, 3.63) is 12.2 Å². The lowest BCUT2D eigenvalue weighted by atomic mass is 10.4. The highest BCUT2D eigenvalue weighted by atomic mass is 16.7. The summed E-state index contributed by atoms with van der Waals surface area (Å²) in [5, 5.41) is 1.21. The third-order valence-corrected chi connectivity index (χ3v) is 1.15. The van der Waals surface area contributed by atoms with E-state index in [2.05, 4.69) is 4.84 Å². The van der Waals surface area contributed by atoms with Crippen LogP contribution in [0.15, 0.2) is 12.2 Å². The Morgan fingerprint density at radius 3 is 2.70 bits per heavy atom. The quantitative estimate of drug-likeness (QED) is 0.435. The molecule has 0 rings (SSSR count). The van der Waals surface area contributed by atoms with Crippen molar-refractivity contribution in [3.63, 3.8) is 0 Å². The van der Waals surface area contributed by atoms with Crippen LogP contribution >= 0.6 is 0 Å². The van der Waals surface area contributed by atoms with E-state index in [1.165, 1.54) is 12.2 Å². The van der Waals surface area contributed by atoms with Gasteiger partial charge in [0.2, 0.25) is 5.91 Å². The summed E-state index contributed by atoms with van der Waals surface area (Å²) < 4.78 is 0. The molecule has 58 valence electrons. The summed E-state index contributed by atoms with van der Waals surface area (Å²) in [5.74, 6) is -0.0411. The van der Waals surface area contributed by atoms with Crippen LogP contribution in [0.4, 0.5) is 0 Å². The fourth-order valence-electron chi connectivity index (χ4n) is 0.449. The van der Waals surface area contributed by atoms with E-state index in [0.29, 0.717) is 6.42 Å². The molecular weight excluding hydrogens is 130 g/mol. The van der Waals surface area contributed by atoms with Crippen molar-refractivity contribution in [3.8, 4) is 0 Å². The molecule has 0 radical (unpaired) electrons. The molecule has 0 unspecified atom stereocenters. The van der Waals surface area contributed by atoms with Gasteiger partial charge in [0.25, 0.3) is 0 Å². The van der Waals surface area contributed by atoms with E-state index in [9.17, 15) is 4.79 Å². The lowest BCUT2D eigenvalue weighted by Gasteiger charge is -2.11. The Balaban J connectivity index is 3.62. The largest absolute Gasteiger partial charge is 0.275 e. The van der Waals surface area contributed by atoms with Crippen molar-refractivity contribution in [2.45, 2.75) is 13.3 Å². The summed E-state index contributed by atoms with van der Waals surface area (Å²) in [7, 11) is 3.05. The van der Waals surface area contributed by atoms with Gasteiger partial charge in [0.05, 0.1) is 7.11 Å². The Morgan fingerprint density at radius 2 is 2.30 bits per heavy atom. The molecule has 0 saturated carbocycles. The first-order valence-corrected chi connectivity index (χ1v) is 3.14. The van der Waals surface area contributed by atoms with Crippen LogP contribution < -0.4 is 0 Å². The second kappa shape index (κ2) is 4.99. The molecule has 0 spiro atoms. The molecule has 0 aliphatic carbocycles. The lowest BCUT2D eigenvalue weighted by molar-refractivity contribution is -0.167. The molecule has 0 atom stereocenters. The minimum absolute atomic E-state index is 0.0411. The van der Waals surface area contributed by atoms with Gasteiger partial charge in [0, 0.05) is 13.5 Å². The van der Waals surface area contributed by atoms with E-state index in [1.807, 2.05) is 13.0 Å². The Hall–Kier alpha value is -0.830. The number of hydrogen-bond acceptors (Lipinski definition) is 2. The highest BCUT2D eigenvalue weighted by molar-refractivity contribution is 5.76. The second-order valence-electron chi connectivity index (χ2n) is 1.85. The van der Waals surface area contributed by atoms with Crippen molar-refractivity contribution in [1.82, 2.24) is 5.06 Å². The zero-order valence-electron chi connectivity index (χ0n) is 6.63. The van der Waals surface area contributed by atoms with Gasteiger partial charge in [-0.15, -0.1) is 0 Å². The topological polar surface area (TPSA) is 29.5 Å². The number of rotatable bonds is 3. The van der Waals surface area contributed by atoms with Gasteiger partial charge >= 0.3 is 0 Å². The highest BCUT2D eigenvalue weighted by Gasteiger charge is 2.02. The van der Waals surface area contributed by atoms with Crippen molar-refractivity contribution >= 4 is 5.91 Å². The minimum atomic E-state index is -0.0411. The van der Waals surface area contributed by atoms with Crippen molar-refractivity contribution in [2.24, 2.45) is 0 Å². The van der Waals surface area contributed by atoms with E-state index in [-0.39, 0.29) is 5.91 Å². The van der Waals surface area contributed by atoms with Gasteiger partial charge in [-0.3, -0.25) is 9.63 Å². The molecule has 3 heteroatoms. The number of allylic oxidation sites excluding steroid dienone is 1. The van der Waals surface area contributed by atoms with Crippen LogP contribution in [0.1, 0.15) is 13.3 Å². The summed E-state index contributed by atoms with van der Waals surface area (Å²) in [5.41, 5.74) is 0. The standard InChI is InChI=1S/C7H13NO2/c1-4-5-6-7(9)8(2)10-3/h4-5H,6H2,1-3H3/b5-4-. The molecular formula is C7H13NO2. The normalized spacial score (nSPS) is 10.3. The predicted molar refractivity (Wildman–Crippen MR) is 39.2 cm³/mol. The second-order valence-corrected chi connectivity index (χ2v) is 1.85. The molecule has 0 bridgehead atoms. The molecule has 0 aromatic heterocycles. The van der Waals surface area contributed by atoms with Gasteiger partial charge in [-0.25, -0.2) is 5.06 Å². The molecule has 0 N–H and O–H groups in total. The van der Waals surface area contributed by atoms with Gasteiger partial charge in [0.1, 0.15) is 0 Å². The van der Waals surface area contributed by atoms with Crippen LogP contribution in [-0.4, -0.2) is 25.1 Å². The Bertz CT molecular complexity index is 132. The summed E-state index contributed by atoms with van der Waals surface area (Å²) >= 11 is 0. The van der Waals surface area contributed by atoms with Crippen LogP contribution in [-0.2, 0) is 9.63 Å². The van der Waals surface area contributed by atoms with E-state index in [4.69, 9.17) is 0 Å². The lowest BCUT2D eigenvalue weighted by Crippen LogP contribution is -2.24. The summed E-state index contributed by atoms with van der Waals surface area (Å²) in [6, 6.07) is 0. The molecule has 1 amide bonds. The average molecular weight is 143 g/mol. The van der Waals surface area contributed by atoms with Crippen LogP contribution in [0.5, 0.6) is 0 Å². The minimum Gasteiger partial charge on any atom is -0.275 e. The number of hydrogen-bond donors (Lipinski definition) is 0. The Kier molecular flexibility index (Phi) is 4.58. The molecule has 10 heavy (non-hydrogen) atoms. The fraction of sp³-hybridized carbons (Fsp3) is 0.571. The van der Waals surface area contributed by atoms with Crippen molar-refractivity contribution in [2.75, 3.05) is 14.2 Å². The van der Waals surface area contributed by atoms with Crippen LogP contribution in [0.25, 0.3) is 0 Å². The molecule has 0 aromatic carbocycles. The first kappa shape index (κ1) is 9.17. The number of amides is 1. The maximum Gasteiger partial charge on any atom is 0.249 e. The van der Waals surface area contributed by atoms with Crippen molar-refractivity contribution in [1.29, 1.82) is 0 Å². The smallest absolute Gasteiger partial charge is 0.249 e. The molecule has 0 heterocycles. The molecule has 0 aromatic rings. The van der Waals surface area contributed by atoms with Crippen molar-refractivity contribution < 1.29 is 9.63 Å². The molecule has 0 fully saturated rings. The van der Waals surface area contributed by atoms with Crippen LogP contribution in [0.3, 0.4) is 0 Å². The maximum absolute atomic E-state index is 10.9. The average Bonchev–Trinajstić information content (AvgIpc) is 1.98. The first-order chi connectivity index (χ1) is 4.72. The third-order valence-electron chi connectivity index (χ3n) is 1.15. The molecule has 3 nitrogen and oxygen atoms in total. The fourth-order valence-corrected chi connectivity index (χ4v) is 0.449. The first-order valence-electron chi connectivity index (χ1n) is 3.14. The molecule has 0 saturated heterocycles. The molecule has 0 aliphatic rings. The van der Waals surface area contributed by atoms with E-state index in [1.54, 1.807) is 13.1 Å². The summed E-state index contributed by atoms with van der Waals surface area (Å²) in [6.45, 7) is 1.88. The van der Waals surface area contributed by atoms with Gasteiger partial charge in [-0.05, 0) is 6.92 Å². The van der Waals surface area contributed by atoms with Gasteiger partial charge in [0.15, 0.2) is 0 Å².